The lowest BCUT2D eigenvalue weighted by molar-refractivity contribution is -0.124. The van der Waals surface area contributed by atoms with E-state index in [9.17, 15) is 4.79 Å². The molecule has 2 heterocycles. The van der Waals surface area contributed by atoms with E-state index in [-0.39, 0.29) is 30.4 Å². The Balaban J connectivity index is 0.00000182. The fourth-order valence-corrected chi connectivity index (χ4v) is 4.27. The van der Waals surface area contributed by atoms with Crippen LogP contribution in [0.15, 0.2) is 18.3 Å². The number of amides is 1. The van der Waals surface area contributed by atoms with Crippen molar-refractivity contribution in [3.8, 4) is 0 Å². The number of carbonyl (C=O) groups excluding carboxylic acids is 1. The molecule has 2 aliphatic rings. The molecule has 152 valence electrons. The molecule has 1 aliphatic carbocycles. The molecular weight excluding hydrogens is 411 g/mol. The molecule has 27 heavy (non-hydrogen) atoms. The molecule has 4 N–H and O–H groups in total. The Bertz CT molecular complexity index is 645. The summed E-state index contributed by atoms with van der Waals surface area (Å²) < 4.78 is 0. The zero-order valence-electron chi connectivity index (χ0n) is 15.0. The highest BCUT2D eigenvalue weighted by Gasteiger charge is 2.41. The molecule has 9 heteroatoms. The van der Waals surface area contributed by atoms with Gasteiger partial charge in [-0.05, 0) is 55.9 Å². The molecule has 1 saturated heterocycles. The highest BCUT2D eigenvalue weighted by molar-refractivity contribution is 6.33. The molecule has 2 fully saturated rings. The van der Waals surface area contributed by atoms with Gasteiger partial charge in [-0.3, -0.25) is 10.0 Å². The van der Waals surface area contributed by atoms with Gasteiger partial charge >= 0.3 is 0 Å². The Labute approximate surface area is 177 Å². The van der Waals surface area contributed by atoms with Crippen molar-refractivity contribution in [3.63, 3.8) is 0 Å². The Kier molecular flexibility index (Phi) is 9.84. The number of hydroxylamine groups is 1. The van der Waals surface area contributed by atoms with Crippen LogP contribution in [-0.2, 0) is 4.79 Å². The molecule has 1 aliphatic heterocycles. The summed E-state index contributed by atoms with van der Waals surface area (Å²) >= 11 is 6.44. The van der Waals surface area contributed by atoms with Gasteiger partial charge in [0.25, 0.3) is 5.91 Å². The van der Waals surface area contributed by atoms with Gasteiger partial charge in [0.2, 0.25) is 0 Å². The zero-order valence-corrected chi connectivity index (χ0v) is 17.4. The average Bonchev–Trinajstić information content (AvgIpc) is 3.18. The number of carbonyl (C=O) groups is 1. The largest absolute Gasteiger partial charge is 0.362 e. The van der Waals surface area contributed by atoms with Gasteiger partial charge in [-0.15, -0.1) is 24.8 Å². The van der Waals surface area contributed by atoms with Gasteiger partial charge in [-0.25, -0.2) is 10.5 Å². The minimum Gasteiger partial charge on any atom is -0.362 e. The van der Waals surface area contributed by atoms with Crippen molar-refractivity contribution in [1.29, 1.82) is 0 Å². The highest BCUT2D eigenvalue weighted by Crippen LogP contribution is 2.40. The number of piperidine rings is 1. The van der Waals surface area contributed by atoms with E-state index in [1.165, 1.54) is 31.8 Å². The normalized spacial score (nSPS) is 22.7. The third-order valence-corrected chi connectivity index (χ3v) is 5.61. The second-order valence-electron chi connectivity index (χ2n) is 6.95. The van der Waals surface area contributed by atoms with Gasteiger partial charge in [-0.2, -0.15) is 0 Å². The summed E-state index contributed by atoms with van der Waals surface area (Å²) in [5.41, 5.74) is 2.27. The second-order valence-corrected chi connectivity index (χ2v) is 7.36. The number of halogens is 3. The summed E-state index contributed by atoms with van der Waals surface area (Å²) in [5.74, 6) is 0.749. The Morgan fingerprint density at radius 3 is 2.67 bits per heavy atom. The molecule has 0 radical (unpaired) electrons. The van der Waals surface area contributed by atoms with Crippen molar-refractivity contribution in [2.24, 2.45) is 5.92 Å². The first-order chi connectivity index (χ1) is 12.1. The first kappa shape index (κ1) is 24.0. The summed E-state index contributed by atoms with van der Waals surface area (Å²) in [6, 6.07) is 1.77. The summed E-state index contributed by atoms with van der Waals surface area (Å²) in [6.45, 7) is 2.00. The van der Waals surface area contributed by atoms with Crippen LogP contribution in [0.4, 0.5) is 5.82 Å². The predicted molar refractivity (Wildman–Crippen MR) is 113 cm³/mol. The summed E-state index contributed by atoms with van der Waals surface area (Å²) in [5, 5.41) is 16.2. The molecule has 0 spiro atoms. The number of pyridine rings is 1. The van der Waals surface area contributed by atoms with Crippen LogP contribution in [0.1, 0.15) is 44.1 Å². The topological polar surface area (TPSA) is 86.3 Å². The van der Waals surface area contributed by atoms with E-state index in [4.69, 9.17) is 16.8 Å². The molecule has 0 unspecified atom stereocenters. The average molecular weight is 438 g/mol. The van der Waals surface area contributed by atoms with E-state index in [0.717, 1.165) is 25.9 Å². The number of rotatable bonds is 5. The maximum Gasteiger partial charge on any atom is 0.267 e. The molecule has 1 atom stereocenters. The van der Waals surface area contributed by atoms with Crippen LogP contribution in [0.5, 0.6) is 0 Å². The molecule has 3 rings (SSSR count). The second kappa shape index (κ2) is 11.1. The number of anilines is 1. The molecule has 0 bridgehead atoms. The molecule has 0 aromatic carbocycles. The van der Waals surface area contributed by atoms with Gasteiger partial charge in [0.15, 0.2) is 0 Å². The van der Waals surface area contributed by atoms with Gasteiger partial charge in [-0.1, -0.05) is 24.4 Å². The number of nitrogens with one attached hydrogen (secondary N) is 3. The molecule has 1 saturated carbocycles. The highest BCUT2D eigenvalue weighted by atomic mass is 35.5. The van der Waals surface area contributed by atoms with Crippen molar-refractivity contribution in [2.75, 3.05) is 18.4 Å². The summed E-state index contributed by atoms with van der Waals surface area (Å²) in [7, 11) is 0. The number of nitrogens with zero attached hydrogens (tertiary/aromatic N) is 1. The van der Waals surface area contributed by atoms with Gasteiger partial charge in [0, 0.05) is 18.8 Å². The van der Waals surface area contributed by atoms with E-state index in [1.54, 1.807) is 23.8 Å². The summed E-state index contributed by atoms with van der Waals surface area (Å²) in [4.78, 5) is 15.5. The summed E-state index contributed by atoms with van der Waals surface area (Å²) in [6.07, 6.45) is 11.8. The van der Waals surface area contributed by atoms with E-state index in [1.807, 2.05) is 0 Å². The fraction of sp³-hybridized carbons (Fsp3) is 0.556. The van der Waals surface area contributed by atoms with Crippen molar-refractivity contribution in [3.05, 3.63) is 28.9 Å². The number of hydrogen-bond acceptors (Lipinski definition) is 5. The smallest absolute Gasteiger partial charge is 0.267 e. The molecule has 1 aromatic rings. The SMILES string of the molecule is Cl.Cl.O=C(/C=C/c1cnc(N[C@@]2(C3CCCC3)CCCNC2)c(Cl)c1)NO. The first-order valence-electron chi connectivity index (χ1n) is 8.89. The van der Waals surface area contributed by atoms with E-state index >= 15 is 0 Å². The quantitative estimate of drug-likeness (QED) is 0.320. The van der Waals surface area contributed by atoms with E-state index in [0.29, 0.717) is 22.3 Å². The maximum absolute atomic E-state index is 11.1. The van der Waals surface area contributed by atoms with Crippen molar-refractivity contribution < 1.29 is 10.0 Å². The lowest BCUT2D eigenvalue weighted by atomic mass is 9.77. The first-order valence-corrected chi connectivity index (χ1v) is 9.27. The third kappa shape index (κ3) is 5.96. The van der Waals surface area contributed by atoms with Crippen LogP contribution in [0.3, 0.4) is 0 Å². The minimum absolute atomic E-state index is 0. The van der Waals surface area contributed by atoms with Crippen LogP contribution in [0.25, 0.3) is 6.08 Å². The third-order valence-electron chi connectivity index (χ3n) is 5.32. The Hall–Kier alpha value is -1.05. The minimum atomic E-state index is -0.591. The van der Waals surface area contributed by atoms with Crippen LogP contribution < -0.4 is 16.1 Å². The van der Waals surface area contributed by atoms with E-state index in [2.05, 4.69) is 15.6 Å². The molecular formula is C18H27Cl3N4O2. The fourth-order valence-electron chi connectivity index (χ4n) is 4.05. The lowest BCUT2D eigenvalue weighted by Crippen LogP contribution is -2.55. The molecule has 1 amide bonds. The zero-order chi connectivity index (χ0) is 17.7. The van der Waals surface area contributed by atoms with Crippen molar-refractivity contribution >= 4 is 54.2 Å². The van der Waals surface area contributed by atoms with Crippen LogP contribution >= 0.6 is 36.4 Å². The van der Waals surface area contributed by atoms with Gasteiger partial charge in [0.1, 0.15) is 5.82 Å². The standard InChI is InChI=1S/C18H25ClN4O2.2ClH/c19-15-10-13(6-7-16(24)23-25)11-21-17(15)22-18(8-3-9-20-12-18)14-4-1-2-5-14;;/h6-7,10-11,14,20,25H,1-5,8-9,12H2,(H,21,22)(H,23,24);2*1H/b7-6+;;/t18-;;/m0../s1. The number of hydrogen-bond donors (Lipinski definition) is 4. The Morgan fingerprint density at radius 1 is 1.33 bits per heavy atom. The lowest BCUT2D eigenvalue weighted by Gasteiger charge is -2.44. The predicted octanol–water partition coefficient (Wildman–Crippen LogP) is 3.82. The van der Waals surface area contributed by atoms with Crippen LogP contribution in [-0.4, -0.2) is 34.7 Å². The number of aromatic nitrogens is 1. The van der Waals surface area contributed by atoms with Crippen LogP contribution in [0, 0.1) is 5.92 Å². The monoisotopic (exact) mass is 436 g/mol. The molecule has 1 aromatic heterocycles. The Morgan fingerprint density at radius 2 is 2.07 bits per heavy atom. The van der Waals surface area contributed by atoms with E-state index < -0.39 is 5.91 Å². The molecule has 6 nitrogen and oxygen atoms in total. The van der Waals surface area contributed by atoms with Crippen molar-refractivity contribution in [1.82, 2.24) is 15.8 Å². The van der Waals surface area contributed by atoms with Gasteiger partial charge < -0.3 is 10.6 Å². The maximum atomic E-state index is 11.1. The van der Waals surface area contributed by atoms with Gasteiger partial charge in [0.05, 0.1) is 10.6 Å². The van der Waals surface area contributed by atoms with Crippen LogP contribution in [0.2, 0.25) is 5.02 Å². The van der Waals surface area contributed by atoms with Crippen molar-refractivity contribution in [2.45, 2.75) is 44.1 Å².